The molecule has 1 aromatic heterocycles. The Kier molecular flexibility index (Phi) is 3.78. The van der Waals surface area contributed by atoms with Gasteiger partial charge in [-0.3, -0.25) is 0 Å². The number of hydrogen-bond donors (Lipinski definition) is 1. The molecular weight excluding hydrogens is 206 g/mol. The molecule has 2 heterocycles. The number of thiophene rings is 1. The van der Waals surface area contributed by atoms with Crippen LogP contribution in [-0.2, 0) is 4.74 Å². The van der Waals surface area contributed by atoms with Crippen molar-refractivity contribution in [1.29, 1.82) is 0 Å². The van der Waals surface area contributed by atoms with E-state index >= 15 is 0 Å². The van der Waals surface area contributed by atoms with Crippen molar-refractivity contribution in [3.63, 3.8) is 0 Å². The molecule has 0 unspecified atom stereocenters. The average Bonchev–Trinajstić information content (AvgIpc) is 2.84. The van der Waals surface area contributed by atoms with Crippen molar-refractivity contribution < 1.29 is 4.74 Å². The normalized spacial score (nSPS) is 23.2. The van der Waals surface area contributed by atoms with Crippen molar-refractivity contribution in [2.24, 2.45) is 0 Å². The number of rotatable bonds is 4. The highest BCUT2D eigenvalue weighted by Gasteiger charge is 2.16. The van der Waals surface area contributed by atoms with E-state index in [9.17, 15) is 0 Å². The fraction of sp³-hybridized carbons (Fsp3) is 0.667. The van der Waals surface area contributed by atoms with Crippen LogP contribution in [0.1, 0.15) is 35.6 Å². The minimum absolute atomic E-state index is 0.438. The smallest absolute Gasteiger partial charge is 0.0700 e. The van der Waals surface area contributed by atoms with E-state index in [4.69, 9.17) is 4.74 Å². The first-order valence-electron chi connectivity index (χ1n) is 5.67. The second-order valence-corrected chi connectivity index (χ2v) is 5.53. The third-order valence-corrected chi connectivity index (χ3v) is 4.05. The lowest BCUT2D eigenvalue weighted by Gasteiger charge is -2.15. The van der Waals surface area contributed by atoms with Gasteiger partial charge in [0.15, 0.2) is 0 Å². The number of aryl methyl sites for hydroxylation is 1. The van der Waals surface area contributed by atoms with Gasteiger partial charge in [-0.15, -0.1) is 11.3 Å². The predicted octanol–water partition coefficient (Wildman–Crippen LogP) is 2.89. The largest absolute Gasteiger partial charge is 0.377 e. The maximum Gasteiger partial charge on any atom is 0.0700 e. The van der Waals surface area contributed by atoms with E-state index in [1.165, 1.54) is 22.6 Å². The minimum atomic E-state index is 0.438. The molecule has 2 rings (SSSR count). The Hall–Kier alpha value is -0.380. The average molecular weight is 225 g/mol. The summed E-state index contributed by atoms with van der Waals surface area (Å²) in [6.07, 6.45) is 2.87. The molecule has 1 aliphatic rings. The first kappa shape index (κ1) is 11.1. The third kappa shape index (κ3) is 3.03. The molecule has 0 spiro atoms. The highest BCUT2D eigenvalue weighted by atomic mass is 32.1. The second-order valence-electron chi connectivity index (χ2n) is 4.21. The van der Waals surface area contributed by atoms with Crippen molar-refractivity contribution in [3.8, 4) is 0 Å². The van der Waals surface area contributed by atoms with Gasteiger partial charge >= 0.3 is 0 Å². The minimum Gasteiger partial charge on any atom is -0.377 e. The predicted molar refractivity (Wildman–Crippen MR) is 64.4 cm³/mol. The summed E-state index contributed by atoms with van der Waals surface area (Å²) in [6.45, 7) is 6.30. The Morgan fingerprint density at radius 1 is 1.60 bits per heavy atom. The summed E-state index contributed by atoms with van der Waals surface area (Å²) < 4.78 is 5.59. The molecule has 0 saturated carbocycles. The van der Waals surface area contributed by atoms with Gasteiger partial charge in [-0.05, 0) is 38.8 Å². The van der Waals surface area contributed by atoms with Crippen LogP contribution < -0.4 is 5.32 Å². The molecule has 2 nitrogen and oxygen atoms in total. The summed E-state index contributed by atoms with van der Waals surface area (Å²) in [5.41, 5.74) is 0. The quantitative estimate of drug-likeness (QED) is 0.850. The van der Waals surface area contributed by atoms with Gasteiger partial charge in [0, 0.05) is 28.9 Å². The summed E-state index contributed by atoms with van der Waals surface area (Å²) in [6, 6.07) is 4.85. The molecular formula is C12H19NOS. The maximum absolute atomic E-state index is 5.59. The summed E-state index contributed by atoms with van der Waals surface area (Å²) in [5, 5.41) is 3.54. The summed E-state index contributed by atoms with van der Waals surface area (Å²) in [7, 11) is 0. The molecule has 84 valence electrons. The zero-order valence-electron chi connectivity index (χ0n) is 9.45. The molecule has 2 atom stereocenters. The van der Waals surface area contributed by atoms with Crippen LogP contribution in [0.3, 0.4) is 0 Å². The Balaban J connectivity index is 1.79. The van der Waals surface area contributed by atoms with E-state index in [2.05, 4.69) is 31.3 Å². The molecule has 1 N–H and O–H groups in total. The zero-order valence-corrected chi connectivity index (χ0v) is 10.3. The summed E-state index contributed by atoms with van der Waals surface area (Å²) in [4.78, 5) is 2.81. The van der Waals surface area contributed by atoms with E-state index in [0.29, 0.717) is 12.1 Å². The van der Waals surface area contributed by atoms with Crippen LogP contribution >= 0.6 is 11.3 Å². The molecule has 1 fully saturated rings. The van der Waals surface area contributed by atoms with Crippen molar-refractivity contribution in [3.05, 3.63) is 21.9 Å². The lowest BCUT2D eigenvalue weighted by atomic mass is 10.2. The maximum atomic E-state index is 5.59. The highest BCUT2D eigenvalue weighted by molar-refractivity contribution is 7.12. The summed E-state index contributed by atoms with van der Waals surface area (Å²) >= 11 is 1.88. The zero-order chi connectivity index (χ0) is 10.7. The van der Waals surface area contributed by atoms with Crippen LogP contribution in [0.25, 0.3) is 0 Å². The third-order valence-electron chi connectivity index (χ3n) is 2.86. The van der Waals surface area contributed by atoms with Gasteiger partial charge in [0.25, 0.3) is 0 Å². The van der Waals surface area contributed by atoms with Crippen LogP contribution in [-0.4, -0.2) is 19.3 Å². The second kappa shape index (κ2) is 5.10. The van der Waals surface area contributed by atoms with E-state index in [1.54, 1.807) is 0 Å². The van der Waals surface area contributed by atoms with Crippen molar-refractivity contribution in [1.82, 2.24) is 5.32 Å². The fourth-order valence-corrected chi connectivity index (χ4v) is 2.80. The van der Waals surface area contributed by atoms with Gasteiger partial charge in [0.2, 0.25) is 0 Å². The Labute approximate surface area is 95.6 Å². The Morgan fingerprint density at radius 2 is 2.47 bits per heavy atom. The number of ether oxygens (including phenoxy) is 1. The first-order chi connectivity index (χ1) is 7.25. The van der Waals surface area contributed by atoms with Crippen LogP contribution in [0.15, 0.2) is 12.1 Å². The molecule has 1 aliphatic heterocycles. The van der Waals surface area contributed by atoms with Gasteiger partial charge < -0.3 is 10.1 Å². The van der Waals surface area contributed by atoms with Gasteiger partial charge in [-0.2, -0.15) is 0 Å². The standard InChI is InChI=1S/C12H19NOS/c1-9-5-6-12(15-9)10(2)13-8-11-4-3-7-14-11/h5-6,10-11,13H,3-4,7-8H2,1-2H3/t10-,11+/m0/s1. The molecule has 0 bridgehead atoms. The molecule has 0 radical (unpaired) electrons. The molecule has 0 amide bonds. The van der Waals surface area contributed by atoms with Crippen LogP contribution in [0.4, 0.5) is 0 Å². The van der Waals surface area contributed by atoms with E-state index in [-0.39, 0.29) is 0 Å². The van der Waals surface area contributed by atoms with Gasteiger partial charge in [0.1, 0.15) is 0 Å². The van der Waals surface area contributed by atoms with E-state index in [1.807, 2.05) is 11.3 Å². The van der Waals surface area contributed by atoms with Crippen molar-refractivity contribution >= 4 is 11.3 Å². The van der Waals surface area contributed by atoms with Crippen LogP contribution in [0.2, 0.25) is 0 Å². The number of hydrogen-bond acceptors (Lipinski definition) is 3. The van der Waals surface area contributed by atoms with E-state index < -0.39 is 0 Å². The van der Waals surface area contributed by atoms with E-state index in [0.717, 1.165) is 13.2 Å². The lowest BCUT2D eigenvalue weighted by Crippen LogP contribution is -2.28. The van der Waals surface area contributed by atoms with Gasteiger partial charge in [-0.25, -0.2) is 0 Å². The van der Waals surface area contributed by atoms with Gasteiger partial charge in [-0.1, -0.05) is 0 Å². The molecule has 1 aromatic rings. The molecule has 1 saturated heterocycles. The van der Waals surface area contributed by atoms with Crippen molar-refractivity contribution in [2.75, 3.05) is 13.2 Å². The first-order valence-corrected chi connectivity index (χ1v) is 6.48. The molecule has 3 heteroatoms. The monoisotopic (exact) mass is 225 g/mol. The number of nitrogens with one attached hydrogen (secondary N) is 1. The van der Waals surface area contributed by atoms with Gasteiger partial charge in [0.05, 0.1) is 6.10 Å². The SMILES string of the molecule is Cc1ccc([C@H](C)NC[C@H]2CCCO2)s1. The lowest BCUT2D eigenvalue weighted by molar-refractivity contribution is 0.108. The highest BCUT2D eigenvalue weighted by Crippen LogP contribution is 2.22. The van der Waals surface area contributed by atoms with Crippen LogP contribution in [0, 0.1) is 6.92 Å². The fourth-order valence-electron chi connectivity index (χ4n) is 1.90. The molecule has 0 aromatic carbocycles. The summed E-state index contributed by atoms with van der Waals surface area (Å²) in [5.74, 6) is 0. The van der Waals surface area contributed by atoms with Crippen LogP contribution in [0.5, 0.6) is 0 Å². The molecule has 0 aliphatic carbocycles. The van der Waals surface area contributed by atoms with Crippen molar-refractivity contribution in [2.45, 2.75) is 38.8 Å². The molecule has 15 heavy (non-hydrogen) atoms. The Bertz CT molecular complexity index is 304. The topological polar surface area (TPSA) is 21.3 Å². The Morgan fingerprint density at radius 3 is 3.07 bits per heavy atom.